The SMILES string of the molecule is O=C(CCC1CCCC1)N(CCc1ccccc1)Cc1cc2ccccc2nc1Cl. The van der Waals surface area contributed by atoms with Crippen LogP contribution in [0.3, 0.4) is 0 Å². The van der Waals surface area contributed by atoms with Crippen LogP contribution in [0.1, 0.15) is 49.7 Å². The first-order valence-electron chi connectivity index (χ1n) is 11.0. The van der Waals surface area contributed by atoms with Gasteiger partial charge in [0.05, 0.1) is 5.52 Å². The molecule has 0 saturated heterocycles. The van der Waals surface area contributed by atoms with Crippen molar-refractivity contribution in [2.24, 2.45) is 5.92 Å². The normalized spacial score (nSPS) is 14.3. The Bertz CT molecular complexity index is 983. The van der Waals surface area contributed by atoms with E-state index in [2.05, 4.69) is 23.2 Å². The number of carbonyl (C=O) groups is 1. The molecule has 3 nitrogen and oxygen atoms in total. The number of aromatic nitrogens is 1. The lowest BCUT2D eigenvalue weighted by Gasteiger charge is -2.24. The Hall–Kier alpha value is -2.39. The molecule has 0 N–H and O–H groups in total. The molecule has 1 fully saturated rings. The van der Waals surface area contributed by atoms with Crippen LogP contribution in [0.2, 0.25) is 5.15 Å². The zero-order valence-electron chi connectivity index (χ0n) is 17.4. The highest BCUT2D eigenvalue weighted by molar-refractivity contribution is 6.30. The van der Waals surface area contributed by atoms with Gasteiger partial charge in [-0.15, -0.1) is 0 Å². The first-order chi connectivity index (χ1) is 14.7. The summed E-state index contributed by atoms with van der Waals surface area (Å²) in [6.07, 6.45) is 7.65. The summed E-state index contributed by atoms with van der Waals surface area (Å²) < 4.78 is 0. The Morgan fingerprint density at radius 1 is 1.03 bits per heavy atom. The molecule has 1 aliphatic carbocycles. The fraction of sp³-hybridized carbons (Fsp3) is 0.385. The Labute approximate surface area is 184 Å². The summed E-state index contributed by atoms with van der Waals surface area (Å²) in [4.78, 5) is 19.7. The number of fused-ring (bicyclic) bond motifs is 1. The minimum Gasteiger partial charge on any atom is -0.338 e. The predicted molar refractivity (Wildman–Crippen MR) is 124 cm³/mol. The lowest BCUT2D eigenvalue weighted by Crippen LogP contribution is -2.32. The Kier molecular flexibility index (Phi) is 7.01. The molecule has 0 atom stereocenters. The van der Waals surface area contributed by atoms with Crippen LogP contribution in [-0.2, 0) is 17.8 Å². The maximum absolute atomic E-state index is 13.2. The molecule has 1 aromatic heterocycles. The molecule has 30 heavy (non-hydrogen) atoms. The first kappa shape index (κ1) is 20.9. The van der Waals surface area contributed by atoms with E-state index in [0.717, 1.165) is 35.2 Å². The van der Waals surface area contributed by atoms with E-state index in [1.165, 1.54) is 31.2 Å². The number of pyridine rings is 1. The van der Waals surface area contributed by atoms with E-state index in [9.17, 15) is 4.79 Å². The summed E-state index contributed by atoms with van der Waals surface area (Å²) in [5.74, 6) is 0.943. The number of halogens is 1. The lowest BCUT2D eigenvalue weighted by molar-refractivity contribution is -0.132. The molecular weight excluding hydrogens is 392 g/mol. The van der Waals surface area contributed by atoms with Crippen molar-refractivity contribution in [2.75, 3.05) is 6.54 Å². The van der Waals surface area contributed by atoms with Gasteiger partial charge < -0.3 is 4.90 Å². The maximum Gasteiger partial charge on any atom is 0.222 e. The largest absolute Gasteiger partial charge is 0.338 e. The minimum atomic E-state index is 0.224. The minimum absolute atomic E-state index is 0.224. The van der Waals surface area contributed by atoms with Gasteiger partial charge >= 0.3 is 0 Å². The van der Waals surface area contributed by atoms with Crippen molar-refractivity contribution < 1.29 is 4.79 Å². The summed E-state index contributed by atoms with van der Waals surface area (Å²) >= 11 is 6.50. The van der Waals surface area contributed by atoms with Crippen LogP contribution >= 0.6 is 11.6 Å². The molecule has 1 saturated carbocycles. The second-order valence-corrected chi connectivity index (χ2v) is 8.73. The van der Waals surface area contributed by atoms with Gasteiger partial charge in [0.15, 0.2) is 0 Å². The van der Waals surface area contributed by atoms with Crippen molar-refractivity contribution in [1.82, 2.24) is 9.88 Å². The Morgan fingerprint density at radius 2 is 1.77 bits per heavy atom. The van der Waals surface area contributed by atoms with Gasteiger partial charge in [0.25, 0.3) is 0 Å². The van der Waals surface area contributed by atoms with E-state index in [1.807, 2.05) is 47.4 Å². The monoisotopic (exact) mass is 420 g/mol. The van der Waals surface area contributed by atoms with E-state index in [-0.39, 0.29) is 5.91 Å². The highest BCUT2D eigenvalue weighted by atomic mass is 35.5. The molecule has 0 aliphatic heterocycles. The standard InChI is InChI=1S/C26H29ClN2O/c27-26-23(18-22-12-6-7-13-24(22)28-26)19-29(17-16-21-8-2-1-3-9-21)25(30)15-14-20-10-4-5-11-20/h1-3,6-9,12-13,18,20H,4-5,10-11,14-17,19H2. The molecule has 1 aliphatic rings. The Balaban J connectivity index is 1.49. The van der Waals surface area contributed by atoms with Crippen molar-refractivity contribution in [2.45, 2.75) is 51.5 Å². The van der Waals surface area contributed by atoms with Crippen LogP contribution in [0.5, 0.6) is 0 Å². The van der Waals surface area contributed by atoms with Crippen molar-refractivity contribution in [3.63, 3.8) is 0 Å². The fourth-order valence-electron chi connectivity index (χ4n) is 4.44. The van der Waals surface area contributed by atoms with Gasteiger partial charge in [0.1, 0.15) is 5.15 Å². The fourth-order valence-corrected chi connectivity index (χ4v) is 4.64. The summed E-state index contributed by atoms with van der Waals surface area (Å²) in [5, 5.41) is 1.54. The van der Waals surface area contributed by atoms with E-state index in [1.54, 1.807) is 0 Å². The smallest absolute Gasteiger partial charge is 0.222 e. The predicted octanol–water partition coefficient (Wildman–Crippen LogP) is 6.43. The van der Waals surface area contributed by atoms with Gasteiger partial charge in [-0.25, -0.2) is 4.98 Å². The molecule has 3 aromatic rings. The number of nitrogens with zero attached hydrogens (tertiary/aromatic N) is 2. The molecule has 156 valence electrons. The van der Waals surface area contributed by atoms with E-state index >= 15 is 0 Å². The van der Waals surface area contributed by atoms with Crippen molar-refractivity contribution >= 4 is 28.4 Å². The zero-order chi connectivity index (χ0) is 20.8. The number of amides is 1. The molecule has 0 bridgehead atoms. The molecule has 0 radical (unpaired) electrons. The third-order valence-corrected chi connectivity index (χ3v) is 6.55. The van der Waals surface area contributed by atoms with Crippen LogP contribution in [0, 0.1) is 5.92 Å². The number of rotatable bonds is 8. The number of carbonyl (C=O) groups excluding carboxylic acids is 1. The lowest BCUT2D eigenvalue weighted by atomic mass is 10.0. The van der Waals surface area contributed by atoms with Gasteiger partial charge in [0, 0.05) is 30.5 Å². The second kappa shape index (κ2) is 10.1. The quantitative estimate of drug-likeness (QED) is 0.393. The number of para-hydroxylation sites is 1. The van der Waals surface area contributed by atoms with Crippen LogP contribution in [0.4, 0.5) is 0 Å². The number of hydrogen-bond donors (Lipinski definition) is 0. The van der Waals surface area contributed by atoms with Crippen molar-refractivity contribution in [3.8, 4) is 0 Å². The Morgan fingerprint density at radius 3 is 2.57 bits per heavy atom. The van der Waals surface area contributed by atoms with Gasteiger partial charge in [-0.3, -0.25) is 4.79 Å². The third kappa shape index (κ3) is 5.40. The molecular formula is C26H29ClN2O. The van der Waals surface area contributed by atoms with Gasteiger partial charge in [-0.2, -0.15) is 0 Å². The topological polar surface area (TPSA) is 33.2 Å². The van der Waals surface area contributed by atoms with Crippen LogP contribution in [0.25, 0.3) is 10.9 Å². The highest BCUT2D eigenvalue weighted by Crippen LogP contribution is 2.29. The average Bonchev–Trinajstić information content (AvgIpc) is 3.29. The van der Waals surface area contributed by atoms with Crippen LogP contribution in [0.15, 0.2) is 60.7 Å². The first-order valence-corrected chi connectivity index (χ1v) is 11.4. The maximum atomic E-state index is 13.2. The number of hydrogen-bond acceptors (Lipinski definition) is 2. The van der Waals surface area contributed by atoms with E-state index in [0.29, 0.717) is 24.7 Å². The van der Waals surface area contributed by atoms with Gasteiger partial charge in [-0.1, -0.05) is 85.8 Å². The third-order valence-electron chi connectivity index (χ3n) is 6.22. The zero-order valence-corrected chi connectivity index (χ0v) is 18.2. The van der Waals surface area contributed by atoms with Crippen molar-refractivity contribution in [3.05, 3.63) is 76.9 Å². The van der Waals surface area contributed by atoms with E-state index < -0.39 is 0 Å². The van der Waals surface area contributed by atoms with E-state index in [4.69, 9.17) is 11.6 Å². The summed E-state index contributed by atoms with van der Waals surface area (Å²) in [6, 6.07) is 20.4. The molecule has 0 unspecified atom stereocenters. The summed E-state index contributed by atoms with van der Waals surface area (Å²) in [6.45, 7) is 1.20. The molecule has 0 spiro atoms. The molecule has 4 heteroatoms. The summed E-state index contributed by atoms with van der Waals surface area (Å²) in [5.41, 5.74) is 3.04. The number of benzene rings is 2. The summed E-state index contributed by atoms with van der Waals surface area (Å²) in [7, 11) is 0. The van der Waals surface area contributed by atoms with Gasteiger partial charge in [0.2, 0.25) is 5.91 Å². The van der Waals surface area contributed by atoms with Gasteiger partial charge in [-0.05, 0) is 36.5 Å². The molecule has 1 amide bonds. The molecule has 2 aromatic carbocycles. The van der Waals surface area contributed by atoms with Crippen molar-refractivity contribution in [1.29, 1.82) is 0 Å². The van der Waals surface area contributed by atoms with Crippen LogP contribution in [-0.4, -0.2) is 22.3 Å². The average molecular weight is 421 g/mol. The second-order valence-electron chi connectivity index (χ2n) is 8.37. The van der Waals surface area contributed by atoms with Crippen LogP contribution < -0.4 is 0 Å². The molecule has 4 rings (SSSR count). The molecule has 1 heterocycles. The highest BCUT2D eigenvalue weighted by Gasteiger charge is 2.20.